The van der Waals surface area contributed by atoms with Crippen LogP contribution in [-0.2, 0) is 4.84 Å². The lowest BCUT2D eigenvalue weighted by molar-refractivity contribution is -0.0614. The first kappa shape index (κ1) is 9.67. The molecule has 0 amide bonds. The zero-order valence-electron chi connectivity index (χ0n) is 10.7. The lowest BCUT2D eigenvalue weighted by Crippen LogP contribution is -2.57. The monoisotopic (exact) mass is 255 g/mol. The van der Waals surface area contributed by atoms with Gasteiger partial charge in [0.15, 0.2) is 0 Å². The smallest absolute Gasteiger partial charge is 0.138 e. The Bertz CT molecular complexity index is 542. The van der Waals surface area contributed by atoms with Crippen molar-refractivity contribution in [3.63, 3.8) is 0 Å². The molecule has 4 aliphatic carbocycles. The molecule has 0 aromatic rings. The molecule has 98 valence electrons. The van der Waals surface area contributed by atoms with Gasteiger partial charge < -0.3 is 4.84 Å². The Morgan fingerprint density at radius 1 is 0.947 bits per heavy atom. The maximum absolute atomic E-state index is 5.66. The Morgan fingerprint density at radius 3 is 2.84 bits per heavy atom. The summed E-state index contributed by atoms with van der Waals surface area (Å²) in [5, 5.41) is 13.5. The average Bonchev–Trinajstić information content (AvgIpc) is 3.20. The molecule has 7 aliphatic rings. The molecule has 4 bridgehead atoms. The molecule has 10 atom stereocenters. The molecule has 0 aromatic heterocycles. The summed E-state index contributed by atoms with van der Waals surface area (Å²) in [5.74, 6) is 4.93. The zero-order valence-corrected chi connectivity index (χ0v) is 10.7. The van der Waals surface area contributed by atoms with Gasteiger partial charge in [0, 0.05) is 17.8 Å². The summed E-state index contributed by atoms with van der Waals surface area (Å²) in [5.41, 5.74) is 0. The Labute approximate surface area is 112 Å². The van der Waals surface area contributed by atoms with Crippen molar-refractivity contribution < 1.29 is 4.84 Å². The Hall–Kier alpha value is -1.19. The van der Waals surface area contributed by atoms with Crippen molar-refractivity contribution in [1.29, 1.82) is 0 Å². The van der Waals surface area contributed by atoms with E-state index in [1.165, 1.54) is 12.8 Å². The summed E-state index contributed by atoms with van der Waals surface area (Å²) in [6.07, 6.45) is 9.79. The van der Waals surface area contributed by atoms with Gasteiger partial charge in [0.25, 0.3) is 0 Å². The number of hydrogen-bond donors (Lipinski definition) is 0. The van der Waals surface area contributed by atoms with Crippen molar-refractivity contribution >= 4 is 6.21 Å². The molecule has 0 radical (unpaired) electrons. The molecule has 0 saturated heterocycles. The van der Waals surface area contributed by atoms with Crippen molar-refractivity contribution in [1.82, 2.24) is 0 Å². The summed E-state index contributed by atoms with van der Waals surface area (Å²) in [7, 11) is 0. The number of hydrogen-bond acceptors (Lipinski definition) is 4. The topological polar surface area (TPSA) is 46.3 Å². The zero-order chi connectivity index (χ0) is 12.1. The van der Waals surface area contributed by atoms with Gasteiger partial charge in [-0.15, -0.1) is 0 Å². The van der Waals surface area contributed by atoms with Gasteiger partial charge in [-0.25, -0.2) is 0 Å². The van der Waals surface area contributed by atoms with Crippen LogP contribution in [0.15, 0.2) is 27.5 Å². The molecule has 7 rings (SSSR count). The van der Waals surface area contributed by atoms with E-state index in [1.54, 1.807) is 0 Å². The molecule has 0 aromatic carbocycles. The minimum atomic E-state index is 0.369. The molecular formula is C15H17N3O. The number of fused-ring (bicyclic) bond motifs is 5. The van der Waals surface area contributed by atoms with Gasteiger partial charge in [-0.1, -0.05) is 17.3 Å². The van der Waals surface area contributed by atoms with Crippen molar-refractivity contribution in [3.05, 3.63) is 12.2 Å². The highest BCUT2D eigenvalue weighted by Crippen LogP contribution is 2.66. The second kappa shape index (κ2) is 2.94. The van der Waals surface area contributed by atoms with Crippen LogP contribution in [-0.4, -0.2) is 24.4 Å². The molecule has 3 saturated carbocycles. The average molecular weight is 255 g/mol. The summed E-state index contributed by atoms with van der Waals surface area (Å²) in [6.45, 7) is 0. The van der Waals surface area contributed by atoms with E-state index in [9.17, 15) is 0 Å². The first-order valence-corrected chi connectivity index (χ1v) is 7.69. The molecule has 3 fully saturated rings. The van der Waals surface area contributed by atoms with E-state index in [0.717, 1.165) is 23.7 Å². The number of allylic oxidation sites excluding steroid dienone is 1. The highest BCUT2D eigenvalue weighted by Gasteiger charge is 2.69. The highest BCUT2D eigenvalue weighted by atomic mass is 16.6. The van der Waals surface area contributed by atoms with Crippen molar-refractivity contribution in [2.24, 2.45) is 56.8 Å². The summed E-state index contributed by atoms with van der Waals surface area (Å²) < 4.78 is 0. The predicted octanol–water partition coefficient (Wildman–Crippen LogP) is 2.28. The van der Waals surface area contributed by atoms with Gasteiger partial charge >= 0.3 is 0 Å². The van der Waals surface area contributed by atoms with Crippen LogP contribution in [0.1, 0.15) is 12.8 Å². The SMILES string of the molecule is C1=C[C@H]2[C@@H](C1)[C@H]1N=N[C@@H]2[C@@H]2[C@H]3C[C@H]([C@@H]4ON=C[C@H]34)[C@H]12. The first-order chi connectivity index (χ1) is 9.43. The van der Waals surface area contributed by atoms with Gasteiger partial charge in [0.05, 0.1) is 18.3 Å². The Morgan fingerprint density at radius 2 is 1.84 bits per heavy atom. The Balaban J connectivity index is 1.49. The predicted molar refractivity (Wildman–Crippen MR) is 68.6 cm³/mol. The van der Waals surface area contributed by atoms with Crippen LogP contribution >= 0.6 is 0 Å². The number of nitrogens with zero attached hydrogens (tertiary/aromatic N) is 3. The molecule has 0 N–H and O–H groups in total. The third kappa shape index (κ3) is 0.906. The van der Waals surface area contributed by atoms with Crippen LogP contribution in [0, 0.1) is 41.4 Å². The van der Waals surface area contributed by atoms with Crippen LogP contribution in [0.5, 0.6) is 0 Å². The molecular weight excluding hydrogens is 238 g/mol. The fourth-order valence-electron chi connectivity index (χ4n) is 6.42. The van der Waals surface area contributed by atoms with Gasteiger partial charge in [-0.2, -0.15) is 10.2 Å². The van der Waals surface area contributed by atoms with Gasteiger partial charge in [0.1, 0.15) is 6.10 Å². The summed E-state index contributed by atoms with van der Waals surface area (Å²) in [4.78, 5) is 5.66. The van der Waals surface area contributed by atoms with Crippen LogP contribution < -0.4 is 0 Å². The van der Waals surface area contributed by atoms with Gasteiger partial charge in [0.2, 0.25) is 0 Å². The van der Waals surface area contributed by atoms with Crippen molar-refractivity contribution in [3.8, 4) is 0 Å². The number of oxime groups is 1. The van der Waals surface area contributed by atoms with Crippen LogP contribution in [0.3, 0.4) is 0 Å². The minimum Gasteiger partial charge on any atom is -0.392 e. The maximum Gasteiger partial charge on any atom is 0.138 e. The number of azo groups is 1. The highest BCUT2D eigenvalue weighted by molar-refractivity contribution is 5.64. The quantitative estimate of drug-likeness (QED) is 0.612. The molecule has 4 nitrogen and oxygen atoms in total. The first-order valence-electron chi connectivity index (χ1n) is 7.69. The summed E-state index contributed by atoms with van der Waals surface area (Å²) >= 11 is 0. The second-order valence-corrected chi connectivity index (χ2v) is 7.24. The van der Waals surface area contributed by atoms with Crippen molar-refractivity contribution in [2.45, 2.75) is 31.0 Å². The standard InChI is InChI=1S/C15H17N3O/c1-2-6-7(3-1)14-12-9-4-8(10-5-16-19-15(9)10)11(12)13(6)17-18-14/h1-2,5-15H,3-4H2/t6-,7+,8-,9-,10+,11+,12-,13-,14+,15-/m0/s1. The van der Waals surface area contributed by atoms with Crippen LogP contribution in [0.4, 0.5) is 0 Å². The molecule has 0 unspecified atom stereocenters. The Kier molecular flexibility index (Phi) is 1.50. The minimum absolute atomic E-state index is 0.369. The molecule has 3 aliphatic heterocycles. The van der Waals surface area contributed by atoms with E-state index in [1.807, 2.05) is 0 Å². The fourth-order valence-corrected chi connectivity index (χ4v) is 6.42. The molecule has 0 spiro atoms. The van der Waals surface area contributed by atoms with E-state index >= 15 is 0 Å². The van der Waals surface area contributed by atoms with E-state index in [4.69, 9.17) is 15.1 Å². The van der Waals surface area contributed by atoms with E-state index in [2.05, 4.69) is 23.5 Å². The van der Waals surface area contributed by atoms with Crippen LogP contribution in [0.2, 0.25) is 0 Å². The summed E-state index contributed by atoms with van der Waals surface area (Å²) in [6, 6.07) is 0.929. The number of rotatable bonds is 0. The maximum atomic E-state index is 5.66. The third-order valence-corrected chi connectivity index (χ3v) is 6.90. The van der Waals surface area contributed by atoms with E-state index in [0.29, 0.717) is 35.9 Å². The normalized spacial score (nSPS) is 65.3. The third-order valence-electron chi connectivity index (χ3n) is 6.90. The van der Waals surface area contributed by atoms with Gasteiger partial charge in [-0.05, 0) is 36.5 Å². The lowest BCUT2D eigenvalue weighted by Gasteiger charge is -2.52. The van der Waals surface area contributed by atoms with Crippen molar-refractivity contribution in [2.75, 3.05) is 0 Å². The van der Waals surface area contributed by atoms with Crippen LogP contribution in [0.25, 0.3) is 0 Å². The van der Waals surface area contributed by atoms with E-state index in [-0.39, 0.29) is 0 Å². The second-order valence-electron chi connectivity index (χ2n) is 7.24. The van der Waals surface area contributed by atoms with E-state index < -0.39 is 0 Å². The molecule has 19 heavy (non-hydrogen) atoms. The molecule has 3 heterocycles. The fraction of sp³-hybridized carbons (Fsp3) is 0.800. The largest absolute Gasteiger partial charge is 0.392 e. The van der Waals surface area contributed by atoms with Gasteiger partial charge in [-0.3, -0.25) is 0 Å². The molecule has 4 heteroatoms. The lowest BCUT2D eigenvalue weighted by atomic mass is 9.56.